The lowest BCUT2D eigenvalue weighted by Gasteiger charge is -2.07. The first kappa shape index (κ1) is 17.8. The molecule has 0 bridgehead atoms. The molecule has 0 fully saturated rings. The van der Waals surface area contributed by atoms with E-state index in [9.17, 15) is 9.59 Å². The topological polar surface area (TPSA) is 74.0 Å². The maximum atomic E-state index is 12.3. The quantitative estimate of drug-likeness (QED) is 0.450. The molecule has 3 N–H and O–H groups in total. The van der Waals surface area contributed by atoms with E-state index in [1.54, 1.807) is 0 Å². The van der Waals surface area contributed by atoms with Crippen LogP contribution in [0.3, 0.4) is 0 Å². The standard InChI is InChI=1S/C23H21N3O2/c27-22(19-11-10-16-6-1-2-7-17(16)14-19)24-12-5-13-25-23(28)21-15-18-8-3-4-9-20(18)26-21/h1-4,6-11,14-15,26H,5,12-13H2,(H,24,27)(H,25,28). The van der Waals surface area contributed by atoms with Gasteiger partial charge < -0.3 is 15.6 Å². The predicted molar refractivity (Wildman–Crippen MR) is 112 cm³/mol. The Balaban J connectivity index is 1.24. The molecule has 0 radical (unpaired) electrons. The number of para-hydroxylation sites is 1. The van der Waals surface area contributed by atoms with Crippen LogP contribution < -0.4 is 10.6 Å². The Labute approximate surface area is 162 Å². The maximum Gasteiger partial charge on any atom is 0.267 e. The van der Waals surface area contributed by atoms with Gasteiger partial charge in [0.15, 0.2) is 0 Å². The lowest BCUT2D eigenvalue weighted by molar-refractivity contribution is 0.0948. The molecule has 0 spiro atoms. The summed E-state index contributed by atoms with van der Waals surface area (Å²) >= 11 is 0. The lowest BCUT2D eigenvalue weighted by atomic mass is 10.1. The predicted octanol–water partition coefficient (Wildman–Crippen LogP) is 3.87. The number of benzene rings is 3. The number of aromatic nitrogens is 1. The van der Waals surface area contributed by atoms with Crippen LogP contribution in [0.4, 0.5) is 0 Å². The van der Waals surface area contributed by atoms with Crippen LogP contribution in [0.25, 0.3) is 21.7 Å². The number of carbonyl (C=O) groups excluding carboxylic acids is 2. The van der Waals surface area contributed by atoms with E-state index in [-0.39, 0.29) is 11.8 Å². The molecule has 5 heteroatoms. The Morgan fingerprint density at radius 2 is 1.39 bits per heavy atom. The SMILES string of the molecule is O=C(NCCCNC(=O)c1cc2ccccc2[nH]1)c1ccc2ccccc2c1. The van der Waals surface area contributed by atoms with Gasteiger partial charge in [0.2, 0.25) is 0 Å². The fourth-order valence-corrected chi connectivity index (χ4v) is 3.22. The molecule has 2 amide bonds. The minimum absolute atomic E-state index is 0.104. The van der Waals surface area contributed by atoms with Crippen LogP contribution in [0.1, 0.15) is 27.3 Å². The molecule has 4 aromatic rings. The van der Waals surface area contributed by atoms with Crippen molar-refractivity contribution < 1.29 is 9.59 Å². The molecule has 0 saturated heterocycles. The van der Waals surface area contributed by atoms with Gasteiger partial charge in [-0.25, -0.2) is 0 Å². The second-order valence-electron chi connectivity index (χ2n) is 6.70. The highest BCUT2D eigenvalue weighted by molar-refractivity contribution is 5.99. The normalized spacial score (nSPS) is 10.9. The summed E-state index contributed by atoms with van der Waals surface area (Å²) in [5.74, 6) is -0.246. The van der Waals surface area contributed by atoms with Crippen LogP contribution in [-0.2, 0) is 0 Å². The number of carbonyl (C=O) groups is 2. The molecule has 140 valence electrons. The molecule has 1 heterocycles. The lowest BCUT2D eigenvalue weighted by Crippen LogP contribution is -2.30. The Morgan fingerprint density at radius 3 is 2.18 bits per heavy atom. The van der Waals surface area contributed by atoms with Gasteiger partial charge in [-0.2, -0.15) is 0 Å². The van der Waals surface area contributed by atoms with Crippen molar-refractivity contribution in [2.75, 3.05) is 13.1 Å². The number of aromatic amines is 1. The van der Waals surface area contributed by atoms with Crippen molar-refractivity contribution in [2.45, 2.75) is 6.42 Å². The summed E-state index contributed by atoms with van der Waals surface area (Å²) in [5, 5.41) is 8.94. The highest BCUT2D eigenvalue weighted by atomic mass is 16.2. The van der Waals surface area contributed by atoms with Crippen LogP contribution in [0.15, 0.2) is 72.8 Å². The molecule has 5 nitrogen and oxygen atoms in total. The first-order chi connectivity index (χ1) is 13.7. The van der Waals surface area contributed by atoms with Crippen molar-refractivity contribution >= 4 is 33.5 Å². The number of amides is 2. The molecular weight excluding hydrogens is 350 g/mol. The summed E-state index contributed by atoms with van der Waals surface area (Å²) in [6.07, 6.45) is 0.658. The molecule has 0 aliphatic heterocycles. The first-order valence-corrected chi connectivity index (χ1v) is 9.34. The largest absolute Gasteiger partial charge is 0.352 e. The highest BCUT2D eigenvalue weighted by Gasteiger charge is 2.09. The summed E-state index contributed by atoms with van der Waals surface area (Å²) < 4.78 is 0. The van der Waals surface area contributed by atoms with Gasteiger partial charge in [-0.15, -0.1) is 0 Å². The van der Waals surface area contributed by atoms with Gasteiger partial charge in [-0.1, -0.05) is 48.5 Å². The number of H-pyrrole nitrogens is 1. The molecule has 4 rings (SSSR count). The van der Waals surface area contributed by atoms with E-state index >= 15 is 0 Å². The van der Waals surface area contributed by atoms with E-state index in [1.807, 2.05) is 72.8 Å². The van der Waals surface area contributed by atoms with E-state index < -0.39 is 0 Å². The van der Waals surface area contributed by atoms with Crippen LogP contribution in [0.2, 0.25) is 0 Å². The minimum Gasteiger partial charge on any atom is -0.352 e. The number of hydrogen-bond donors (Lipinski definition) is 3. The van der Waals surface area contributed by atoms with E-state index in [4.69, 9.17) is 0 Å². The van der Waals surface area contributed by atoms with Crippen LogP contribution >= 0.6 is 0 Å². The van der Waals surface area contributed by atoms with Gasteiger partial charge in [0.25, 0.3) is 11.8 Å². The van der Waals surface area contributed by atoms with Crippen molar-refractivity contribution in [2.24, 2.45) is 0 Å². The third kappa shape index (κ3) is 3.88. The molecular formula is C23H21N3O2. The van der Waals surface area contributed by atoms with Crippen molar-refractivity contribution in [1.29, 1.82) is 0 Å². The summed E-state index contributed by atoms with van der Waals surface area (Å²) in [6.45, 7) is 0.991. The Morgan fingerprint density at radius 1 is 0.714 bits per heavy atom. The number of nitrogens with one attached hydrogen (secondary N) is 3. The molecule has 0 aliphatic carbocycles. The minimum atomic E-state index is -0.142. The second-order valence-corrected chi connectivity index (χ2v) is 6.70. The Kier molecular flexibility index (Phi) is 5.06. The van der Waals surface area contributed by atoms with Gasteiger partial charge in [-0.05, 0) is 41.5 Å². The fraction of sp³-hybridized carbons (Fsp3) is 0.130. The molecule has 0 atom stereocenters. The molecule has 0 aliphatic rings. The zero-order valence-corrected chi connectivity index (χ0v) is 15.4. The maximum absolute atomic E-state index is 12.3. The van der Waals surface area contributed by atoms with Gasteiger partial charge >= 0.3 is 0 Å². The summed E-state index contributed by atoms with van der Waals surface area (Å²) in [6, 6.07) is 23.2. The zero-order valence-electron chi connectivity index (χ0n) is 15.4. The van der Waals surface area contributed by atoms with E-state index in [2.05, 4.69) is 15.6 Å². The molecule has 0 saturated carbocycles. The Bertz CT molecular complexity index is 1110. The van der Waals surface area contributed by atoms with Crippen molar-refractivity contribution in [3.05, 3.63) is 84.1 Å². The van der Waals surface area contributed by atoms with Crippen LogP contribution in [0, 0.1) is 0 Å². The van der Waals surface area contributed by atoms with Gasteiger partial charge in [0, 0.05) is 29.6 Å². The summed E-state index contributed by atoms with van der Waals surface area (Å²) in [7, 11) is 0. The van der Waals surface area contributed by atoms with Gasteiger partial charge in [0.05, 0.1) is 0 Å². The average molecular weight is 371 g/mol. The van der Waals surface area contributed by atoms with E-state index in [0.29, 0.717) is 30.8 Å². The summed E-state index contributed by atoms with van der Waals surface area (Å²) in [5.41, 5.74) is 2.12. The van der Waals surface area contributed by atoms with Crippen molar-refractivity contribution in [3.63, 3.8) is 0 Å². The highest BCUT2D eigenvalue weighted by Crippen LogP contribution is 2.16. The monoisotopic (exact) mass is 371 g/mol. The molecule has 0 unspecified atom stereocenters. The second kappa shape index (κ2) is 7.96. The third-order valence-corrected chi connectivity index (χ3v) is 4.71. The van der Waals surface area contributed by atoms with Crippen LogP contribution in [0.5, 0.6) is 0 Å². The van der Waals surface area contributed by atoms with Gasteiger partial charge in [0.1, 0.15) is 5.69 Å². The fourth-order valence-electron chi connectivity index (χ4n) is 3.22. The smallest absolute Gasteiger partial charge is 0.267 e. The number of fused-ring (bicyclic) bond motifs is 2. The van der Waals surface area contributed by atoms with Crippen molar-refractivity contribution in [1.82, 2.24) is 15.6 Å². The molecule has 3 aromatic carbocycles. The zero-order chi connectivity index (χ0) is 19.3. The molecule has 28 heavy (non-hydrogen) atoms. The first-order valence-electron chi connectivity index (χ1n) is 9.34. The Hall–Kier alpha value is -3.60. The third-order valence-electron chi connectivity index (χ3n) is 4.71. The van der Waals surface area contributed by atoms with E-state index in [0.717, 1.165) is 21.7 Å². The molecule has 1 aromatic heterocycles. The number of hydrogen-bond acceptors (Lipinski definition) is 2. The summed E-state index contributed by atoms with van der Waals surface area (Å²) in [4.78, 5) is 27.6. The van der Waals surface area contributed by atoms with Crippen LogP contribution in [-0.4, -0.2) is 29.9 Å². The number of rotatable bonds is 6. The van der Waals surface area contributed by atoms with Crippen molar-refractivity contribution in [3.8, 4) is 0 Å². The van der Waals surface area contributed by atoms with E-state index in [1.165, 1.54) is 0 Å². The van der Waals surface area contributed by atoms with Gasteiger partial charge in [-0.3, -0.25) is 9.59 Å². The average Bonchev–Trinajstić information content (AvgIpc) is 3.17.